The predicted molar refractivity (Wildman–Crippen MR) is 83.2 cm³/mol. The van der Waals surface area contributed by atoms with Gasteiger partial charge in [-0.2, -0.15) is 0 Å². The molecular weight excluding hydrogens is 317 g/mol. The van der Waals surface area contributed by atoms with E-state index in [1.54, 1.807) is 12.1 Å². The minimum Gasteiger partial charge on any atom is -0.477 e. The zero-order valence-corrected chi connectivity index (χ0v) is 12.3. The second-order valence-corrected chi connectivity index (χ2v) is 5.02. The molecule has 7 nitrogen and oxygen atoms in total. The van der Waals surface area contributed by atoms with E-state index >= 15 is 0 Å². The van der Waals surface area contributed by atoms with Crippen LogP contribution in [-0.4, -0.2) is 37.3 Å². The first kappa shape index (κ1) is 15.8. The molecule has 2 N–H and O–H groups in total. The smallest absolute Gasteiger partial charge is 0.341 e. The van der Waals surface area contributed by atoms with E-state index in [4.69, 9.17) is 10.2 Å². The Hall–Kier alpha value is -3.13. The standard InChI is InChI=1S/C16H12FN3O4/c17-12-7-10-14(22)11(16(23)24)8-20(5-6-21)15(10)19-13(12)9-1-3-18-4-2-9/h1-4,7-8,21H,5-6H2,(H,23,24). The number of aliphatic hydroxyl groups is 1. The summed E-state index contributed by atoms with van der Waals surface area (Å²) in [6.45, 7) is -0.272. The molecule has 122 valence electrons. The van der Waals surface area contributed by atoms with Crippen LogP contribution in [0.5, 0.6) is 0 Å². The summed E-state index contributed by atoms with van der Waals surface area (Å²) in [6, 6.07) is 4.11. The summed E-state index contributed by atoms with van der Waals surface area (Å²) in [5.41, 5.74) is -0.741. The van der Waals surface area contributed by atoms with Crippen molar-refractivity contribution >= 4 is 17.0 Å². The quantitative estimate of drug-likeness (QED) is 0.747. The van der Waals surface area contributed by atoms with Gasteiger partial charge in [0.25, 0.3) is 0 Å². The number of pyridine rings is 3. The van der Waals surface area contributed by atoms with Gasteiger partial charge in [-0.1, -0.05) is 0 Å². The Morgan fingerprint density at radius 3 is 2.62 bits per heavy atom. The second kappa shape index (κ2) is 6.17. The average molecular weight is 329 g/mol. The summed E-state index contributed by atoms with van der Waals surface area (Å²) in [7, 11) is 0. The van der Waals surface area contributed by atoms with Gasteiger partial charge in [-0.3, -0.25) is 9.78 Å². The number of aliphatic hydroxyl groups excluding tert-OH is 1. The molecule has 0 amide bonds. The summed E-state index contributed by atoms with van der Waals surface area (Å²) < 4.78 is 15.7. The van der Waals surface area contributed by atoms with Crippen molar-refractivity contribution in [1.29, 1.82) is 0 Å². The van der Waals surface area contributed by atoms with Crippen LogP contribution >= 0.6 is 0 Å². The van der Waals surface area contributed by atoms with Crippen LogP contribution in [0.1, 0.15) is 10.4 Å². The molecule has 0 spiro atoms. The van der Waals surface area contributed by atoms with Gasteiger partial charge in [0, 0.05) is 30.7 Å². The normalized spacial score (nSPS) is 10.9. The van der Waals surface area contributed by atoms with Gasteiger partial charge in [0.05, 0.1) is 12.0 Å². The first-order valence-corrected chi connectivity index (χ1v) is 7.01. The maximum absolute atomic E-state index is 14.4. The highest BCUT2D eigenvalue weighted by molar-refractivity contribution is 5.92. The zero-order chi connectivity index (χ0) is 17.3. The Labute approximate surface area is 134 Å². The molecule has 0 aromatic carbocycles. The largest absolute Gasteiger partial charge is 0.477 e. The van der Waals surface area contributed by atoms with Gasteiger partial charge in [0.15, 0.2) is 0 Å². The Kier molecular flexibility index (Phi) is 4.05. The Balaban J connectivity index is 2.37. The average Bonchev–Trinajstić information content (AvgIpc) is 2.57. The number of aromatic nitrogens is 3. The van der Waals surface area contributed by atoms with Crippen LogP contribution in [0.4, 0.5) is 4.39 Å². The third-order valence-corrected chi connectivity index (χ3v) is 3.53. The molecule has 0 aliphatic carbocycles. The highest BCUT2D eigenvalue weighted by Gasteiger charge is 2.18. The van der Waals surface area contributed by atoms with Crippen LogP contribution in [-0.2, 0) is 6.54 Å². The SMILES string of the molecule is O=C(O)c1cn(CCO)c2nc(-c3ccncc3)c(F)cc2c1=O. The fourth-order valence-corrected chi connectivity index (χ4v) is 2.43. The first-order chi connectivity index (χ1) is 11.5. The van der Waals surface area contributed by atoms with Gasteiger partial charge >= 0.3 is 5.97 Å². The Bertz CT molecular complexity index is 986. The number of hydrogen-bond acceptors (Lipinski definition) is 5. The van der Waals surface area contributed by atoms with Gasteiger partial charge in [0.1, 0.15) is 22.7 Å². The molecule has 0 atom stereocenters. The predicted octanol–water partition coefficient (Wildman–Crippen LogP) is 1.29. The number of halogens is 1. The monoisotopic (exact) mass is 329 g/mol. The van der Waals surface area contributed by atoms with Gasteiger partial charge in [-0.05, 0) is 18.2 Å². The van der Waals surface area contributed by atoms with Crippen molar-refractivity contribution in [3.05, 3.63) is 58.4 Å². The van der Waals surface area contributed by atoms with Gasteiger partial charge in [0.2, 0.25) is 5.43 Å². The molecule has 0 aliphatic rings. The maximum Gasteiger partial charge on any atom is 0.341 e. The minimum absolute atomic E-state index is 0.0130. The number of carboxylic acid groups (broad SMARTS) is 1. The lowest BCUT2D eigenvalue weighted by Crippen LogP contribution is -2.21. The van der Waals surface area contributed by atoms with Crippen LogP contribution in [0.25, 0.3) is 22.3 Å². The summed E-state index contributed by atoms with van der Waals surface area (Å²) in [5, 5.41) is 18.1. The van der Waals surface area contributed by atoms with Gasteiger partial charge in [-0.15, -0.1) is 0 Å². The number of hydrogen-bond donors (Lipinski definition) is 2. The Morgan fingerprint density at radius 2 is 2.00 bits per heavy atom. The highest BCUT2D eigenvalue weighted by Crippen LogP contribution is 2.23. The van der Waals surface area contributed by atoms with Crippen LogP contribution in [0.2, 0.25) is 0 Å². The molecular formula is C16H12FN3O4. The highest BCUT2D eigenvalue weighted by atomic mass is 19.1. The molecule has 3 heterocycles. The van der Waals surface area contributed by atoms with E-state index in [0.29, 0.717) is 5.56 Å². The maximum atomic E-state index is 14.4. The Morgan fingerprint density at radius 1 is 1.29 bits per heavy atom. The van der Waals surface area contributed by atoms with Gasteiger partial charge < -0.3 is 14.8 Å². The van der Waals surface area contributed by atoms with E-state index in [2.05, 4.69) is 9.97 Å². The molecule has 0 radical (unpaired) electrons. The summed E-state index contributed by atoms with van der Waals surface area (Å²) in [5.74, 6) is -2.17. The molecule has 0 fully saturated rings. The lowest BCUT2D eigenvalue weighted by molar-refractivity contribution is 0.0694. The molecule has 0 aliphatic heterocycles. The van der Waals surface area contributed by atoms with E-state index in [0.717, 1.165) is 12.3 Å². The molecule has 3 aromatic heterocycles. The van der Waals surface area contributed by atoms with Crippen molar-refractivity contribution in [3.8, 4) is 11.3 Å². The lowest BCUT2D eigenvalue weighted by atomic mass is 10.1. The van der Waals surface area contributed by atoms with Crippen LogP contribution in [0.3, 0.4) is 0 Å². The fourth-order valence-electron chi connectivity index (χ4n) is 2.43. The number of carbonyl (C=O) groups is 1. The van der Waals surface area contributed by atoms with Crippen molar-refractivity contribution < 1.29 is 19.4 Å². The van der Waals surface area contributed by atoms with Crippen LogP contribution in [0.15, 0.2) is 41.6 Å². The van der Waals surface area contributed by atoms with E-state index in [1.165, 1.54) is 17.0 Å². The molecule has 3 rings (SSSR count). The first-order valence-electron chi connectivity index (χ1n) is 7.01. The number of rotatable bonds is 4. The van der Waals surface area contributed by atoms with E-state index in [-0.39, 0.29) is 29.9 Å². The van der Waals surface area contributed by atoms with E-state index in [9.17, 15) is 14.0 Å². The number of aromatic carboxylic acids is 1. The molecule has 0 unspecified atom stereocenters. The minimum atomic E-state index is -1.42. The molecule has 8 heteroatoms. The molecule has 24 heavy (non-hydrogen) atoms. The zero-order valence-electron chi connectivity index (χ0n) is 12.3. The van der Waals surface area contributed by atoms with E-state index < -0.39 is 22.8 Å². The lowest BCUT2D eigenvalue weighted by Gasteiger charge is -2.12. The van der Waals surface area contributed by atoms with Crippen molar-refractivity contribution in [3.63, 3.8) is 0 Å². The van der Waals surface area contributed by atoms with Crippen molar-refractivity contribution in [2.24, 2.45) is 0 Å². The number of nitrogens with zero attached hydrogens (tertiary/aromatic N) is 3. The summed E-state index contributed by atoms with van der Waals surface area (Å²) in [4.78, 5) is 31.5. The second-order valence-electron chi connectivity index (χ2n) is 5.02. The summed E-state index contributed by atoms with van der Waals surface area (Å²) >= 11 is 0. The summed E-state index contributed by atoms with van der Waals surface area (Å²) in [6.07, 6.45) is 4.06. The molecule has 0 saturated carbocycles. The van der Waals surface area contributed by atoms with Crippen molar-refractivity contribution in [2.45, 2.75) is 6.54 Å². The van der Waals surface area contributed by atoms with Crippen LogP contribution < -0.4 is 5.43 Å². The third kappa shape index (κ3) is 2.63. The number of fused-ring (bicyclic) bond motifs is 1. The molecule has 0 saturated heterocycles. The molecule has 0 bridgehead atoms. The van der Waals surface area contributed by atoms with E-state index in [1.807, 2.05) is 0 Å². The topological polar surface area (TPSA) is 105 Å². The van der Waals surface area contributed by atoms with Crippen LogP contribution in [0, 0.1) is 5.82 Å². The fraction of sp³-hybridized carbons (Fsp3) is 0.125. The van der Waals surface area contributed by atoms with Gasteiger partial charge in [-0.25, -0.2) is 14.2 Å². The van der Waals surface area contributed by atoms with Crippen molar-refractivity contribution in [2.75, 3.05) is 6.61 Å². The number of carboxylic acids is 1. The third-order valence-electron chi connectivity index (χ3n) is 3.53. The molecule has 3 aromatic rings. The van der Waals surface area contributed by atoms with Crippen molar-refractivity contribution in [1.82, 2.24) is 14.5 Å².